The number of hydrogen-bond acceptors (Lipinski definition) is 4. The summed E-state index contributed by atoms with van der Waals surface area (Å²) in [7, 11) is 3.07. The topological polar surface area (TPSA) is 70.7 Å². The molecule has 6 nitrogen and oxygen atoms in total. The first kappa shape index (κ1) is 17.0. The Hall–Kier alpha value is -2.86. The molecule has 1 aliphatic rings. The Bertz CT molecular complexity index is 804. The van der Waals surface area contributed by atoms with Gasteiger partial charge in [-0.3, -0.25) is 15.0 Å². The highest BCUT2D eigenvalue weighted by Crippen LogP contribution is 2.37. The molecule has 0 radical (unpaired) electrons. The van der Waals surface area contributed by atoms with E-state index in [-0.39, 0.29) is 12.5 Å². The highest BCUT2D eigenvalue weighted by atomic mass is 16.5. The van der Waals surface area contributed by atoms with Crippen LogP contribution in [0.5, 0.6) is 0 Å². The predicted octanol–water partition coefficient (Wildman–Crippen LogP) is 2.85. The van der Waals surface area contributed by atoms with Crippen LogP contribution in [0.25, 0.3) is 0 Å². The van der Waals surface area contributed by atoms with Crippen LogP contribution < -0.4 is 15.5 Å². The van der Waals surface area contributed by atoms with E-state index in [9.17, 15) is 9.59 Å². The number of rotatable bonds is 3. The molecule has 1 aliphatic heterocycles. The first-order valence-electron chi connectivity index (χ1n) is 8.17. The molecule has 2 aromatic carbocycles. The molecular weight excluding hydrogens is 318 g/mol. The quantitative estimate of drug-likeness (QED) is 0.902. The smallest absolute Gasteiger partial charge is 0.411 e. The molecule has 0 unspecified atom stereocenters. The molecule has 1 heterocycles. The number of carbonyl (C=O) groups is 2. The summed E-state index contributed by atoms with van der Waals surface area (Å²) in [6, 6.07) is 13.5. The van der Waals surface area contributed by atoms with Gasteiger partial charge in [0.2, 0.25) is 5.91 Å². The number of aryl methyl sites for hydroxylation is 2. The highest BCUT2D eigenvalue weighted by molar-refractivity contribution is 6.04. The van der Waals surface area contributed by atoms with Gasteiger partial charge in [-0.2, -0.15) is 0 Å². The van der Waals surface area contributed by atoms with Gasteiger partial charge in [-0.15, -0.1) is 0 Å². The standard InChI is InChI=1S/C19H21N3O3/c1-20-12-18(23)22-16-6-4-3-5-13(16)7-8-14-9-10-15(11-17(14)22)21-19(24)25-2/h3-6,9-11,20H,7-8,12H2,1-2H3,(H,21,24). The first-order chi connectivity index (χ1) is 12.1. The third-order valence-electron chi connectivity index (χ3n) is 4.23. The minimum atomic E-state index is -0.540. The molecule has 0 aromatic heterocycles. The summed E-state index contributed by atoms with van der Waals surface area (Å²) in [5, 5.41) is 5.58. The second-order valence-electron chi connectivity index (χ2n) is 5.85. The number of fused-ring (bicyclic) bond motifs is 2. The van der Waals surface area contributed by atoms with Gasteiger partial charge in [0.1, 0.15) is 0 Å². The van der Waals surface area contributed by atoms with Crippen molar-refractivity contribution in [2.45, 2.75) is 12.8 Å². The van der Waals surface area contributed by atoms with Gasteiger partial charge < -0.3 is 10.1 Å². The second kappa shape index (κ2) is 7.36. The number of nitrogens with one attached hydrogen (secondary N) is 2. The maximum absolute atomic E-state index is 12.8. The zero-order valence-corrected chi connectivity index (χ0v) is 14.3. The van der Waals surface area contributed by atoms with Crippen LogP contribution in [-0.4, -0.2) is 32.7 Å². The molecule has 2 aromatic rings. The fraction of sp³-hybridized carbons (Fsp3) is 0.263. The third-order valence-corrected chi connectivity index (χ3v) is 4.23. The third kappa shape index (κ3) is 3.49. The van der Waals surface area contributed by atoms with Crippen molar-refractivity contribution < 1.29 is 14.3 Å². The van der Waals surface area contributed by atoms with E-state index in [0.29, 0.717) is 5.69 Å². The van der Waals surface area contributed by atoms with Crippen LogP contribution in [0.4, 0.5) is 21.9 Å². The molecule has 0 fully saturated rings. The monoisotopic (exact) mass is 339 g/mol. The Kier molecular flexibility index (Phi) is 5.00. The molecule has 2 amide bonds. The summed E-state index contributed by atoms with van der Waals surface area (Å²) in [6.07, 6.45) is 1.15. The lowest BCUT2D eigenvalue weighted by atomic mass is 10.0. The van der Waals surface area contributed by atoms with Crippen LogP contribution in [0, 0.1) is 0 Å². The Morgan fingerprint density at radius 3 is 2.52 bits per heavy atom. The number of para-hydroxylation sites is 1. The van der Waals surface area contributed by atoms with Crippen molar-refractivity contribution >= 4 is 29.1 Å². The van der Waals surface area contributed by atoms with Gasteiger partial charge >= 0.3 is 6.09 Å². The molecule has 25 heavy (non-hydrogen) atoms. The van der Waals surface area contributed by atoms with Crippen LogP contribution >= 0.6 is 0 Å². The van der Waals surface area contributed by atoms with E-state index in [4.69, 9.17) is 0 Å². The largest absolute Gasteiger partial charge is 0.453 e. The second-order valence-corrected chi connectivity index (χ2v) is 5.85. The van der Waals surface area contributed by atoms with Gasteiger partial charge in [-0.25, -0.2) is 4.79 Å². The minimum absolute atomic E-state index is 0.0479. The van der Waals surface area contributed by atoms with Crippen LogP contribution in [0.15, 0.2) is 42.5 Å². The van der Waals surface area contributed by atoms with E-state index in [1.165, 1.54) is 7.11 Å². The zero-order chi connectivity index (χ0) is 17.8. The zero-order valence-electron chi connectivity index (χ0n) is 14.3. The molecule has 0 bridgehead atoms. The van der Waals surface area contributed by atoms with Crippen molar-refractivity contribution in [3.8, 4) is 0 Å². The van der Waals surface area contributed by atoms with Gasteiger partial charge in [-0.05, 0) is 49.2 Å². The SMILES string of the molecule is CNCC(=O)N1c2ccccc2CCc2ccc(NC(=O)OC)cc21. The lowest BCUT2D eigenvalue weighted by Crippen LogP contribution is -2.34. The predicted molar refractivity (Wildman–Crippen MR) is 97.4 cm³/mol. The lowest BCUT2D eigenvalue weighted by Gasteiger charge is -2.25. The summed E-state index contributed by atoms with van der Waals surface area (Å²) < 4.78 is 4.65. The van der Waals surface area contributed by atoms with Crippen molar-refractivity contribution in [1.82, 2.24) is 5.32 Å². The summed E-state index contributed by atoms with van der Waals surface area (Å²) in [5.41, 5.74) is 4.46. The normalized spacial score (nSPS) is 12.6. The van der Waals surface area contributed by atoms with Crippen molar-refractivity contribution in [3.05, 3.63) is 53.6 Å². The van der Waals surface area contributed by atoms with Gasteiger partial charge in [-0.1, -0.05) is 24.3 Å². The van der Waals surface area contributed by atoms with E-state index in [1.807, 2.05) is 36.4 Å². The Balaban J connectivity index is 2.10. The van der Waals surface area contributed by atoms with E-state index >= 15 is 0 Å². The number of methoxy groups -OCH3 is 1. The maximum Gasteiger partial charge on any atom is 0.411 e. The number of anilines is 3. The van der Waals surface area contributed by atoms with E-state index in [1.54, 1.807) is 11.9 Å². The fourth-order valence-corrected chi connectivity index (χ4v) is 3.07. The molecule has 3 rings (SSSR count). The van der Waals surface area contributed by atoms with Crippen LogP contribution in [0.1, 0.15) is 11.1 Å². The molecule has 0 aliphatic carbocycles. The van der Waals surface area contributed by atoms with Crippen molar-refractivity contribution in [2.75, 3.05) is 30.9 Å². The van der Waals surface area contributed by atoms with Gasteiger partial charge in [0.15, 0.2) is 0 Å². The molecule has 0 atom stereocenters. The van der Waals surface area contributed by atoms with Crippen molar-refractivity contribution in [2.24, 2.45) is 0 Å². The average molecular weight is 339 g/mol. The molecular formula is C19H21N3O3. The van der Waals surface area contributed by atoms with Gasteiger partial charge in [0, 0.05) is 5.69 Å². The molecule has 0 spiro atoms. The number of benzene rings is 2. The van der Waals surface area contributed by atoms with E-state index < -0.39 is 6.09 Å². The summed E-state index contributed by atoms with van der Waals surface area (Å²) in [6.45, 7) is 0.225. The number of hydrogen-bond donors (Lipinski definition) is 2. The summed E-state index contributed by atoms with van der Waals surface area (Å²) in [4.78, 5) is 26.1. The molecule has 130 valence electrons. The molecule has 6 heteroatoms. The summed E-state index contributed by atoms with van der Waals surface area (Å²) >= 11 is 0. The number of carbonyl (C=O) groups excluding carboxylic acids is 2. The van der Waals surface area contributed by atoms with Crippen LogP contribution in [-0.2, 0) is 22.4 Å². The Labute approximate surface area is 146 Å². The number of ether oxygens (including phenoxy) is 1. The first-order valence-corrected chi connectivity index (χ1v) is 8.17. The number of amides is 2. The maximum atomic E-state index is 12.8. The average Bonchev–Trinajstić information content (AvgIpc) is 2.78. The highest BCUT2D eigenvalue weighted by Gasteiger charge is 2.25. The Morgan fingerprint density at radius 2 is 1.80 bits per heavy atom. The lowest BCUT2D eigenvalue weighted by molar-refractivity contribution is -0.117. The Morgan fingerprint density at radius 1 is 1.08 bits per heavy atom. The number of likely N-dealkylation sites (N-methyl/N-ethyl adjacent to an activating group) is 1. The van der Waals surface area contributed by atoms with Crippen molar-refractivity contribution in [3.63, 3.8) is 0 Å². The molecule has 0 saturated heterocycles. The van der Waals surface area contributed by atoms with E-state index in [2.05, 4.69) is 21.4 Å². The molecule has 2 N–H and O–H groups in total. The minimum Gasteiger partial charge on any atom is -0.453 e. The van der Waals surface area contributed by atoms with Gasteiger partial charge in [0.25, 0.3) is 0 Å². The molecule has 0 saturated carbocycles. The fourth-order valence-electron chi connectivity index (χ4n) is 3.07. The summed E-state index contributed by atoms with van der Waals surface area (Å²) in [5.74, 6) is -0.0479. The van der Waals surface area contributed by atoms with E-state index in [0.717, 1.165) is 35.3 Å². The van der Waals surface area contributed by atoms with Gasteiger partial charge in [0.05, 0.1) is 25.0 Å². The van der Waals surface area contributed by atoms with Crippen LogP contribution in [0.3, 0.4) is 0 Å². The van der Waals surface area contributed by atoms with Crippen LogP contribution in [0.2, 0.25) is 0 Å². The van der Waals surface area contributed by atoms with Crippen molar-refractivity contribution in [1.29, 1.82) is 0 Å². The number of nitrogens with zero attached hydrogens (tertiary/aromatic N) is 1.